The van der Waals surface area contributed by atoms with Crippen molar-refractivity contribution in [3.8, 4) is 0 Å². The number of carbonyl (C=O) groups excluding carboxylic acids is 1. The number of amides is 1. The fraction of sp³-hybridized carbons (Fsp3) is 0.500. The number of hydrogen-bond donors (Lipinski definition) is 2. The van der Waals surface area contributed by atoms with Gasteiger partial charge in [0.05, 0.1) is 0 Å². The maximum absolute atomic E-state index is 11.4. The lowest BCUT2D eigenvalue weighted by atomic mass is 10.2. The van der Waals surface area contributed by atoms with E-state index in [-0.39, 0.29) is 11.9 Å². The molecule has 1 rings (SSSR count). The summed E-state index contributed by atoms with van der Waals surface area (Å²) in [4.78, 5) is 14.4. The second-order valence-corrected chi connectivity index (χ2v) is 3.40. The molecule has 0 aliphatic rings. The van der Waals surface area contributed by atoms with Gasteiger partial charge in [-0.15, -0.1) is 0 Å². The molecule has 0 aromatic carbocycles. The van der Waals surface area contributed by atoms with Crippen LogP contribution in [-0.4, -0.2) is 16.9 Å². The maximum Gasteiger partial charge on any atom is 0.267 e. The third kappa shape index (κ3) is 2.61. The lowest BCUT2D eigenvalue weighted by Gasteiger charge is -2.05. The number of rotatable bonds is 3. The molecule has 72 valence electrons. The predicted molar refractivity (Wildman–Crippen MR) is 52.8 cm³/mol. The summed E-state index contributed by atoms with van der Waals surface area (Å²) in [7, 11) is 0. The molecule has 0 saturated carbocycles. The Morgan fingerprint density at radius 1 is 1.62 bits per heavy atom. The van der Waals surface area contributed by atoms with Gasteiger partial charge in [-0.2, -0.15) is 0 Å². The first-order valence-corrected chi connectivity index (χ1v) is 4.61. The average Bonchev–Trinajstić information content (AvgIpc) is 2.50. The smallest absolute Gasteiger partial charge is 0.267 e. The van der Waals surface area contributed by atoms with Crippen LogP contribution in [0.3, 0.4) is 0 Å². The molecule has 1 aromatic rings. The quantitative estimate of drug-likeness (QED) is 0.730. The van der Waals surface area contributed by atoms with Gasteiger partial charge in [-0.25, -0.2) is 0 Å². The fourth-order valence-corrected chi connectivity index (χ4v) is 1.11. The molecule has 1 aromatic heterocycles. The molecule has 0 aliphatic heterocycles. The number of aromatic amines is 1. The molecule has 1 heterocycles. The zero-order chi connectivity index (χ0) is 9.84. The summed E-state index contributed by atoms with van der Waals surface area (Å²) in [6.45, 7) is 5.95. The molecule has 0 radical (unpaired) electrons. The van der Waals surface area contributed by atoms with Crippen LogP contribution in [0.25, 0.3) is 0 Å². The first kappa shape index (κ1) is 9.84. The Morgan fingerprint density at radius 2 is 2.31 bits per heavy atom. The van der Waals surface area contributed by atoms with Crippen LogP contribution in [0.2, 0.25) is 0 Å². The van der Waals surface area contributed by atoms with Crippen molar-refractivity contribution >= 4 is 5.91 Å². The lowest BCUT2D eigenvalue weighted by Crippen LogP contribution is -2.30. The standard InChI is InChI=1S/C10H16N2O/c1-4-8-5-9(11-6-8)10(13)12-7(2)3/h5-7,11H,4H2,1-3H3,(H,12,13). The Labute approximate surface area is 78.5 Å². The average molecular weight is 180 g/mol. The minimum atomic E-state index is -0.0327. The monoisotopic (exact) mass is 180 g/mol. The van der Waals surface area contributed by atoms with Crippen molar-refractivity contribution in [2.45, 2.75) is 33.2 Å². The number of hydrogen-bond acceptors (Lipinski definition) is 1. The SMILES string of the molecule is CCc1c[nH]c(C(=O)NC(C)C)c1. The van der Waals surface area contributed by atoms with Crippen LogP contribution in [-0.2, 0) is 6.42 Å². The predicted octanol–water partition coefficient (Wildman–Crippen LogP) is 1.72. The first-order chi connectivity index (χ1) is 6.13. The molecule has 0 atom stereocenters. The topological polar surface area (TPSA) is 44.9 Å². The summed E-state index contributed by atoms with van der Waals surface area (Å²) in [5, 5.41) is 2.83. The largest absolute Gasteiger partial charge is 0.357 e. The van der Waals surface area contributed by atoms with Crippen LogP contribution >= 0.6 is 0 Å². The Bertz CT molecular complexity index is 289. The number of carbonyl (C=O) groups is 1. The van der Waals surface area contributed by atoms with Crippen LogP contribution in [0.15, 0.2) is 12.3 Å². The highest BCUT2D eigenvalue weighted by atomic mass is 16.1. The number of nitrogens with one attached hydrogen (secondary N) is 2. The van der Waals surface area contributed by atoms with Gasteiger partial charge in [0, 0.05) is 12.2 Å². The van der Waals surface area contributed by atoms with Crippen LogP contribution in [0.4, 0.5) is 0 Å². The Kier molecular flexibility index (Phi) is 3.12. The summed E-state index contributed by atoms with van der Waals surface area (Å²) in [6, 6.07) is 2.07. The van der Waals surface area contributed by atoms with Gasteiger partial charge >= 0.3 is 0 Å². The van der Waals surface area contributed by atoms with Gasteiger partial charge in [0.15, 0.2) is 0 Å². The van der Waals surface area contributed by atoms with Gasteiger partial charge in [-0.1, -0.05) is 6.92 Å². The molecule has 0 aliphatic carbocycles. The van der Waals surface area contributed by atoms with Gasteiger partial charge in [-0.05, 0) is 31.9 Å². The van der Waals surface area contributed by atoms with E-state index in [0.717, 1.165) is 12.0 Å². The minimum absolute atomic E-state index is 0.0327. The summed E-state index contributed by atoms with van der Waals surface area (Å²) in [5.74, 6) is -0.0327. The summed E-state index contributed by atoms with van der Waals surface area (Å²) < 4.78 is 0. The van der Waals surface area contributed by atoms with E-state index in [2.05, 4.69) is 17.2 Å². The number of H-pyrrole nitrogens is 1. The Hall–Kier alpha value is -1.25. The summed E-state index contributed by atoms with van der Waals surface area (Å²) in [5.41, 5.74) is 1.81. The van der Waals surface area contributed by atoms with Gasteiger partial charge in [0.1, 0.15) is 5.69 Å². The summed E-state index contributed by atoms with van der Waals surface area (Å²) >= 11 is 0. The van der Waals surface area contributed by atoms with E-state index in [1.807, 2.05) is 26.1 Å². The highest BCUT2D eigenvalue weighted by Crippen LogP contribution is 2.03. The van der Waals surface area contributed by atoms with Crippen molar-refractivity contribution in [1.82, 2.24) is 10.3 Å². The number of aryl methyl sites for hydroxylation is 1. The molecule has 13 heavy (non-hydrogen) atoms. The number of aromatic nitrogens is 1. The van der Waals surface area contributed by atoms with Crippen molar-refractivity contribution in [3.05, 3.63) is 23.5 Å². The van der Waals surface area contributed by atoms with Gasteiger partial charge < -0.3 is 10.3 Å². The van der Waals surface area contributed by atoms with E-state index < -0.39 is 0 Å². The molecule has 0 unspecified atom stereocenters. The molecule has 0 fully saturated rings. The molecular formula is C10H16N2O. The van der Waals surface area contributed by atoms with Gasteiger partial charge in [0.25, 0.3) is 5.91 Å². The molecule has 0 bridgehead atoms. The zero-order valence-corrected chi connectivity index (χ0v) is 8.35. The molecule has 0 spiro atoms. The van der Waals surface area contributed by atoms with Crippen molar-refractivity contribution in [1.29, 1.82) is 0 Å². The van der Waals surface area contributed by atoms with Crippen molar-refractivity contribution in [2.75, 3.05) is 0 Å². The lowest BCUT2D eigenvalue weighted by molar-refractivity contribution is 0.0938. The minimum Gasteiger partial charge on any atom is -0.357 e. The third-order valence-corrected chi connectivity index (χ3v) is 1.82. The van der Waals surface area contributed by atoms with E-state index in [1.54, 1.807) is 0 Å². The zero-order valence-electron chi connectivity index (χ0n) is 8.35. The van der Waals surface area contributed by atoms with Crippen LogP contribution < -0.4 is 5.32 Å². The van der Waals surface area contributed by atoms with Crippen LogP contribution in [0.1, 0.15) is 36.8 Å². The van der Waals surface area contributed by atoms with Crippen molar-refractivity contribution in [2.24, 2.45) is 0 Å². The van der Waals surface area contributed by atoms with Gasteiger partial charge in [-0.3, -0.25) is 4.79 Å². The van der Waals surface area contributed by atoms with E-state index in [0.29, 0.717) is 5.69 Å². The van der Waals surface area contributed by atoms with Gasteiger partial charge in [0.2, 0.25) is 0 Å². The second kappa shape index (κ2) is 4.12. The normalized spacial score (nSPS) is 10.5. The second-order valence-electron chi connectivity index (χ2n) is 3.40. The van der Waals surface area contributed by atoms with E-state index in [4.69, 9.17) is 0 Å². The van der Waals surface area contributed by atoms with E-state index in [1.165, 1.54) is 0 Å². The summed E-state index contributed by atoms with van der Waals surface area (Å²) in [6.07, 6.45) is 2.82. The fourth-order valence-electron chi connectivity index (χ4n) is 1.11. The van der Waals surface area contributed by atoms with Crippen molar-refractivity contribution in [3.63, 3.8) is 0 Å². The van der Waals surface area contributed by atoms with E-state index in [9.17, 15) is 4.79 Å². The Morgan fingerprint density at radius 3 is 2.77 bits per heavy atom. The van der Waals surface area contributed by atoms with E-state index >= 15 is 0 Å². The molecular weight excluding hydrogens is 164 g/mol. The first-order valence-electron chi connectivity index (χ1n) is 4.61. The third-order valence-electron chi connectivity index (χ3n) is 1.82. The highest BCUT2D eigenvalue weighted by molar-refractivity contribution is 5.92. The molecule has 2 N–H and O–H groups in total. The Balaban J connectivity index is 2.66. The van der Waals surface area contributed by atoms with Crippen LogP contribution in [0, 0.1) is 0 Å². The molecule has 0 saturated heterocycles. The maximum atomic E-state index is 11.4. The molecule has 3 heteroatoms. The van der Waals surface area contributed by atoms with Crippen LogP contribution in [0.5, 0.6) is 0 Å². The van der Waals surface area contributed by atoms with Crippen molar-refractivity contribution < 1.29 is 4.79 Å². The highest BCUT2D eigenvalue weighted by Gasteiger charge is 2.08. The molecule has 3 nitrogen and oxygen atoms in total. The molecule has 1 amide bonds.